The number of carbonyl (C=O) groups excluding carboxylic acids is 1. The maximum atomic E-state index is 12.6. The first-order valence-corrected chi connectivity index (χ1v) is 9.26. The number of halogens is 1. The fourth-order valence-corrected chi connectivity index (χ4v) is 3.17. The van der Waals surface area contributed by atoms with Crippen LogP contribution in [-0.2, 0) is 10.0 Å². The van der Waals surface area contributed by atoms with Crippen molar-refractivity contribution >= 4 is 37.5 Å². The Hall–Kier alpha value is -1.90. The van der Waals surface area contributed by atoms with Gasteiger partial charge in [-0.25, -0.2) is 13.6 Å². The number of nitrogens with one attached hydrogen (secondary N) is 1. The van der Waals surface area contributed by atoms with Crippen LogP contribution >= 0.6 is 15.9 Å². The lowest BCUT2D eigenvalue weighted by molar-refractivity contribution is 0.102. The number of benzene rings is 2. The molecule has 0 saturated carbocycles. The molecule has 2 aromatic carbocycles. The van der Waals surface area contributed by atoms with Gasteiger partial charge in [-0.2, -0.15) is 0 Å². The molecule has 0 unspecified atom stereocenters. The van der Waals surface area contributed by atoms with Gasteiger partial charge in [-0.3, -0.25) is 4.79 Å². The summed E-state index contributed by atoms with van der Waals surface area (Å²) in [6.45, 7) is 3.54. The van der Waals surface area contributed by atoms with Crippen molar-refractivity contribution in [3.63, 3.8) is 0 Å². The fourth-order valence-electron chi connectivity index (χ4n) is 2.12. The van der Waals surface area contributed by atoms with Crippen LogP contribution in [0.4, 0.5) is 5.69 Å². The largest absolute Gasteiger partial charge is 0.497 e. The Labute approximate surface area is 149 Å². The minimum Gasteiger partial charge on any atom is -0.497 e. The van der Waals surface area contributed by atoms with E-state index in [1.807, 2.05) is 0 Å². The normalized spacial score (nSPS) is 11.2. The summed E-state index contributed by atoms with van der Waals surface area (Å²) in [6, 6.07) is 7.83. The van der Waals surface area contributed by atoms with E-state index < -0.39 is 15.9 Å². The summed E-state index contributed by atoms with van der Waals surface area (Å²) >= 11 is 3.32. The van der Waals surface area contributed by atoms with Gasteiger partial charge in [0.2, 0.25) is 10.0 Å². The lowest BCUT2D eigenvalue weighted by Crippen LogP contribution is -2.17. The van der Waals surface area contributed by atoms with Crippen LogP contribution in [-0.4, -0.2) is 21.4 Å². The molecule has 3 N–H and O–H groups in total. The van der Waals surface area contributed by atoms with Gasteiger partial charge in [0, 0.05) is 10.2 Å². The average molecular weight is 413 g/mol. The van der Waals surface area contributed by atoms with E-state index in [0.29, 0.717) is 27.0 Å². The lowest BCUT2D eigenvalue weighted by Gasteiger charge is -2.14. The Morgan fingerprint density at radius 3 is 2.46 bits per heavy atom. The molecule has 2 rings (SSSR count). The molecule has 24 heavy (non-hydrogen) atoms. The van der Waals surface area contributed by atoms with Crippen LogP contribution in [0.15, 0.2) is 39.7 Å². The molecule has 0 radical (unpaired) electrons. The maximum absolute atomic E-state index is 12.6. The molecule has 0 aliphatic carbocycles. The van der Waals surface area contributed by atoms with Crippen molar-refractivity contribution in [1.29, 1.82) is 0 Å². The van der Waals surface area contributed by atoms with Crippen molar-refractivity contribution in [2.45, 2.75) is 18.7 Å². The van der Waals surface area contributed by atoms with E-state index in [0.717, 1.165) is 5.56 Å². The first-order valence-electron chi connectivity index (χ1n) is 6.92. The maximum Gasteiger partial charge on any atom is 0.256 e. The molecule has 6 nitrogen and oxygen atoms in total. The third-order valence-corrected chi connectivity index (χ3v) is 5.22. The smallest absolute Gasteiger partial charge is 0.256 e. The number of sulfonamides is 1. The fraction of sp³-hybridized carbons (Fsp3) is 0.188. The van der Waals surface area contributed by atoms with Crippen molar-refractivity contribution in [1.82, 2.24) is 0 Å². The van der Waals surface area contributed by atoms with Crippen LogP contribution in [0.2, 0.25) is 0 Å². The van der Waals surface area contributed by atoms with Gasteiger partial charge >= 0.3 is 0 Å². The molecule has 0 heterocycles. The first-order chi connectivity index (χ1) is 11.1. The van der Waals surface area contributed by atoms with E-state index >= 15 is 0 Å². The second-order valence-electron chi connectivity index (χ2n) is 5.26. The van der Waals surface area contributed by atoms with Crippen molar-refractivity contribution < 1.29 is 17.9 Å². The summed E-state index contributed by atoms with van der Waals surface area (Å²) in [5.74, 6) is 0.143. The number of anilines is 1. The lowest BCUT2D eigenvalue weighted by atomic mass is 10.1. The van der Waals surface area contributed by atoms with Crippen molar-refractivity contribution in [2.24, 2.45) is 5.14 Å². The molecular formula is C16H17BrN2O4S. The number of aryl methyl sites for hydroxylation is 1. The molecule has 0 atom stereocenters. The van der Waals surface area contributed by atoms with E-state index in [-0.39, 0.29) is 4.90 Å². The van der Waals surface area contributed by atoms with Gasteiger partial charge in [0.15, 0.2) is 0 Å². The number of nitrogens with two attached hydrogens (primary N) is 1. The molecule has 0 fully saturated rings. The molecule has 128 valence electrons. The van der Waals surface area contributed by atoms with Crippen LogP contribution in [0.5, 0.6) is 5.75 Å². The number of carbonyl (C=O) groups is 1. The van der Waals surface area contributed by atoms with Gasteiger partial charge < -0.3 is 10.1 Å². The quantitative estimate of drug-likeness (QED) is 0.805. The Morgan fingerprint density at radius 1 is 1.21 bits per heavy atom. The summed E-state index contributed by atoms with van der Waals surface area (Å²) in [4.78, 5) is 12.5. The van der Waals surface area contributed by atoms with Gasteiger partial charge in [-0.15, -0.1) is 0 Å². The zero-order valence-corrected chi connectivity index (χ0v) is 15.8. The van der Waals surface area contributed by atoms with E-state index in [4.69, 9.17) is 9.88 Å². The second kappa shape index (κ2) is 6.92. The first kappa shape index (κ1) is 18.4. The van der Waals surface area contributed by atoms with E-state index in [1.54, 1.807) is 32.0 Å². The predicted octanol–water partition coefficient (Wildman–Crippen LogP) is 2.97. The molecule has 8 heteroatoms. The van der Waals surface area contributed by atoms with Crippen LogP contribution in [0, 0.1) is 13.8 Å². The number of ether oxygens (including phenoxy) is 1. The Bertz CT molecular complexity index is 911. The molecule has 0 bridgehead atoms. The molecule has 1 amide bonds. The average Bonchev–Trinajstić information content (AvgIpc) is 2.50. The van der Waals surface area contributed by atoms with Crippen molar-refractivity contribution in [3.05, 3.63) is 51.5 Å². The number of methoxy groups -OCH3 is 1. The number of primary sulfonamides is 1. The molecule has 0 aromatic heterocycles. The highest BCUT2D eigenvalue weighted by molar-refractivity contribution is 9.10. The highest BCUT2D eigenvalue weighted by Gasteiger charge is 2.16. The molecule has 0 saturated heterocycles. The number of hydrogen-bond acceptors (Lipinski definition) is 4. The molecule has 0 aliphatic rings. The van der Waals surface area contributed by atoms with Crippen LogP contribution in [0.3, 0.4) is 0 Å². The van der Waals surface area contributed by atoms with E-state index in [1.165, 1.54) is 19.2 Å². The second-order valence-corrected chi connectivity index (χ2v) is 7.67. The van der Waals surface area contributed by atoms with Gasteiger partial charge in [-0.1, -0.05) is 0 Å². The van der Waals surface area contributed by atoms with Crippen molar-refractivity contribution in [3.8, 4) is 5.75 Å². The molecular weight excluding hydrogens is 396 g/mol. The zero-order valence-electron chi connectivity index (χ0n) is 13.4. The molecule has 2 aromatic rings. The van der Waals surface area contributed by atoms with Crippen LogP contribution < -0.4 is 15.2 Å². The minimum atomic E-state index is -3.86. The minimum absolute atomic E-state index is 0.0504. The standard InChI is InChI=1S/C16H17BrN2O4S/c1-9-6-12(24(18,21)22)8-15(10(9)2)19-16(20)13-7-11(23-3)4-5-14(13)17/h4-8H,1-3H3,(H,19,20)(H2,18,21,22). The van der Waals surface area contributed by atoms with Crippen LogP contribution in [0.1, 0.15) is 21.5 Å². The Morgan fingerprint density at radius 2 is 1.88 bits per heavy atom. The van der Waals surface area contributed by atoms with E-state index in [2.05, 4.69) is 21.2 Å². The summed E-state index contributed by atoms with van der Waals surface area (Å²) in [5.41, 5.74) is 2.22. The summed E-state index contributed by atoms with van der Waals surface area (Å²) in [5, 5.41) is 7.91. The Kier molecular flexibility index (Phi) is 5.32. The van der Waals surface area contributed by atoms with Gasteiger partial charge in [-0.05, 0) is 71.2 Å². The molecule has 0 aliphatic heterocycles. The van der Waals surface area contributed by atoms with Gasteiger partial charge in [0.25, 0.3) is 5.91 Å². The molecule has 0 spiro atoms. The summed E-state index contributed by atoms with van der Waals surface area (Å²) < 4.78 is 28.9. The highest BCUT2D eigenvalue weighted by atomic mass is 79.9. The third kappa shape index (κ3) is 3.95. The monoisotopic (exact) mass is 412 g/mol. The number of rotatable bonds is 4. The highest BCUT2D eigenvalue weighted by Crippen LogP contribution is 2.27. The Balaban J connectivity index is 2.44. The third-order valence-electron chi connectivity index (χ3n) is 3.64. The number of hydrogen-bond donors (Lipinski definition) is 2. The topological polar surface area (TPSA) is 98.5 Å². The number of amides is 1. The predicted molar refractivity (Wildman–Crippen MR) is 95.9 cm³/mol. The SMILES string of the molecule is COc1ccc(Br)c(C(=O)Nc2cc(S(N)(=O)=O)cc(C)c2C)c1. The van der Waals surface area contributed by atoms with Gasteiger partial charge in [0.1, 0.15) is 5.75 Å². The summed E-state index contributed by atoms with van der Waals surface area (Å²) in [6.07, 6.45) is 0. The van der Waals surface area contributed by atoms with Crippen LogP contribution in [0.25, 0.3) is 0 Å². The summed E-state index contributed by atoms with van der Waals surface area (Å²) in [7, 11) is -2.36. The zero-order chi connectivity index (χ0) is 18.1. The van der Waals surface area contributed by atoms with Gasteiger partial charge in [0.05, 0.1) is 17.6 Å². The van der Waals surface area contributed by atoms with Crippen molar-refractivity contribution in [2.75, 3.05) is 12.4 Å². The van der Waals surface area contributed by atoms with E-state index in [9.17, 15) is 13.2 Å².